The lowest BCUT2D eigenvalue weighted by Gasteiger charge is -2.23. The Morgan fingerprint density at radius 1 is 1.12 bits per heavy atom. The molecule has 0 heterocycles. The van der Waals surface area contributed by atoms with Gasteiger partial charge in [0, 0.05) is 32.6 Å². The summed E-state index contributed by atoms with van der Waals surface area (Å²) in [4.78, 5) is 14.7. The van der Waals surface area contributed by atoms with Crippen molar-refractivity contribution in [2.75, 3.05) is 20.1 Å². The molecule has 0 saturated heterocycles. The summed E-state index contributed by atoms with van der Waals surface area (Å²) < 4.78 is 26.8. The Hall–Kier alpha value is -2.11. The fourth-order valence-corrected chi connectivity index (χ4v) is 5.40. The van der Waals surface area contributed by atoms with Crippen LogP contribution in [0.25, 0.3) is 0 Å². The third-order valence-corrected chi connectivity index (χ3v) is 8.33. The quantitative estimate of drug-likeness (QED) is 0.487. The van der Waals surface area contributed by atoms with Crippen LogP contribution in [-0.4, -0.2) is 49.7 Å². The van der Waals surface area contributed by atoms with E-state index in [4.69, 9.17) is 28.5 Å². The van der Waals surface area contributed by atoms with E-state index in [-0.39, 0.29) is 39.9 Å². The van der Waals surface area contributed by atoms with Gasteiger partial charge in [0.2, 0.25) is 15.9 Å². The molecule has 0 bridgehead atoms. The average Bonchev–Trinajstić information content (AvgIpc) is 3.61. The molecule has 1 aliphatic carbocycles. The number of halogens is 2. The molecule has 0 unspecified atom stereocenters. The molecule has 2 aromatic carbocycles. The first-order valence-corrected chi connectivity index (χ1v) is 12.6. The van der Waals surface area contributed by atoms with E-state index < -0.39 is 10.0 Å². The number of rotatable bonds is 10. The molecule has 0 aromatic heterocycles. The highest BCUT2D eigenvalue weighted by Crippen LogP contribution is 2.31. The smallest absolute Gasteiger partial charge is 0.244 e. The van der Waals surface area contributed by atoms with Crippen LogP contribution in [0.1, 0.15) is 36.8 Å². The SMILES string of the molecule is CN(CCCC(=O)N(CCc1ccc(C#N)cc1)C1CC1)S(=O)(=O)c1cccc(Cl)c1Cl. The molecule has 3 rings (SSSR count). The van der Waals surface area contributed by atoms with Gasteiger partial charge < -0.3 is 4.90 Å². The van der Waals surface area contributed by atoms with Crippen LogP contribution in [0.3, 0.4) is 0 Å². The van der Waals surface area contributed by atoms with Crippen molar-refractivity contribution in [1.82, 2.24) is 9.21 Å². The number of carbonyl (C=O) groups is 1. The molecule has 9 heteroatoms. The maximum Gasteiger partial charge on any atom is 0.244 e. The van der Waals surface area contributed by atoms with Gasteiger partial charge >= 0.3 is 0 Å². The summed E-state index contributed by atoms with van der Waals surface area (Å²) in [6, 6.07) is 14.2. The molecule has 0 spiro atoms. The van der Waals surface area contributed by atoms with Crippen molar-refractivity contribution in [2.45, 2.75) is 43.0 Å². The predicted molar refractivity (Wildman–Crippen MR) is 125 cm³/mol. The molecule has 0 radical (unpaired) electrons. The van der Waals surface area contributed by atoms with Gasteiger partial charge in [0.15, 0.2) is 0 Å². The molecule has 170 valence electrons. The van der Waals surface area contributed by atoms with Gasteiger partial charge in [0.05, 0.1) is 21.7 Å². The Bertz CT molecular complexity index is 1110. The van der Waals surface area contributed by atoms with Gasteiger partial charge in [-0.1, -0.05) is 41.4 Å². The highest BCUT2D eigenvalue weighted by molar-refractivity contribution is 7.89. The molecule has 1 fully saturated rings. The van der Waals surface area contributed by atoms with Crippen molar-refractivity contribution in [3.05, 3.63) is 63.6 Å². The Labute approximate surface area is 199 Å². The minimum atomic E-state index is -3.80. The van der Waals surface area contributed by atoms with Gasteiger partial charge in [0.25, 0.3) is 0 Å². The fraction of sp³-hybridized carbons (Fsp3) is 0.391. The van der Waals surface area contributed by atoms with Crippen LogP contribution in [0.15, 0.2) is 47.4 Å². The van der Waals surface area contributed by atoms with Crippen LogP contribution in [0.5, 0.6) is 0 Å². The number of hydrogen-bond donors (Lipinski definition) is 0. The van der Waals surface area contributed by atoms with E-state index >= 15 is 0 Å². The molecule has 6 nitrogen and oxygen atoms in total. The normalized spacial score (nSPS) is 13.7. The predicted octanol–water partition coefficient (Wildman–Crippen LogP) is 4.50. The second-order valence-electron chi connectivity index (χ2n) is 7.86. The minimum Gasteiger partial charge on any atom is -0.339 e. The summed E-state index contributed by atoms with van der Waals surface area (Å²) in [5, 5.41) is 9.09. The van der Waals surface area contributed by atoms with E-state index in [1.165, 1.54) is 23.5 Å². The summed E-state index contributed by atoms with van der Waals surface area (Å²) in [6.07, 6.45) is 3.40. The van der Waals surface area contributed by atoms with Crippen LogP contribution >= 0.6 is 23.2 Å². The molecule has 0 aliphatic heterocycles. The van der Waals surface area contributed by atoms with Crippen molar-refractivity contribution in [3.8, 4) is 6.07 Å². The highest BCUT2D eigenvalue weighted by Gasteiger charge is 2.32. The van der Waals surface area contributed by atoms with Gasteiger partial charge in [-0.15, -0.1) is 0 Å². The van der Waals surface area contributed by atoms with E-state index in [1.807, 2.05) is 17.0 Å². The summed E-state index contributed by atoms with van der Waals surface area (Å²) in [6.45, 7) is 0.812. The third kappa shape index (κ3) is 6.02. The van der Waals surface area contributed by atoms with E-state index in [9.17, 15) is 13.2 Å². The Morgan fingerprint density at radius 3 is 2.44 bits per heavy atom. The van der Waals surface area contributed by atoms with Crippen LogP contribution in [0.4, 0.5) is 0 Å². The number of amides is 1. The largest absolute Gasteiger partial charge is 0.339 e. The second-order valence-corrected chi connectivity index (χ2v) is 10.7. The Morgan fingerprint density at radius 2 is 1.81 bits per heavy atom. The lowest BCUT2D eigenvalue weighted by molar-refractivity contribution is -0.131. The first kappa shape index (κ1) is 24.5. The standard InChI is InChI=1S/C23H25Cl2N3O3S/c1-27(32(30,31)21-5-2-4-20(24)23(21)25)14-3-6-22(29)28(19-11-12-19)15-13-17-7-9-18(16-26)10-8-17/h2,4-5,7-10,19H,3,6,11-15H2,1H3. The molecular weight excluding hydrogens is 469 g/mol. The fourth-order valence-electron chi connectivity index (χ4n) is 3.46. The van der Waals surface area contributed by atoms with Crippen molar-refractivity contribution in [3.63, 3.8) is 0 Å². The summed E-state index contributed by atoms with van der Waals surface area (Å²) in [5.41, 5.74) is 1.69. The van der Waals surface area contributed by atoms with Crippen molar-refractivity contribution >= 4 is 39.1 Å². The minimum absolute atomic E-state index is 0.000181. The maximum atomic E-state index is 12.8. The first-order valence-electron chi connectivity index (χ1n) is 10.4. The lowest BCUT2D eigenvalue weighted by atomic mass is 10.1. The Kier molecular flexibility index (Phi) is 8.18. The summed E-state index contributed by atoms with van der Waals surface area (Å²) in [7, 11) is -2.32. The highest BCUT2D eigenvalue weighted by atomic mass is 35.5. The number of benzene rings is 2. The van der Waals surface area contributed by atoms with E-state index in [0.717, 1.165) is 24.8 Å². The first-order chi connectivity index (χ1) is 15.2. The zero-order chi connectivity index (χ0) is 23.3. The van der Waals surface area contributed by atoms with Crippen LogP contribution < -0.4 is 0 Å². The van der Waals surface area contributed by atoms with Gasteiger partial charge in [0.1, 0.15) is 4.90 Å². The van der Waals surface area contributed by atoms with Crippen LogP contribution in [0.2, 0.25) is 10.0 Å². The average molecular weight is 494 g/mol. The van der Waals surface area contributed by atoms with Crippen molar-refractivity contribution in [2.24, 2.45) is 0 Å². The number of carbonyl (C=O) groups excluding carboxylic acids is 1. The molecule has 0 atom stereocenters. The molecule has 1 aliphatic rings. The monoisotopic (exact) mass is 493 g/mol. The van der Waals surface area contributed by atoms with Gasteiger partial charge in [-0.2, -0.15) is 5.26 Å². The van der Waals surface area contributed by atoms with Gasteiger partial charge in [-0.3, -0.25) is 4.79 Å². The Balaban J connectivity index is 1.53. The van der Waals surface area contributed by atoms with E-state index in [1.54, 1.807) is 18.2 Å². The summed E-state index contributed by atoms with van der Waals surface area (Å²) >= 11 is 12.0. The number of hydrogen-bond acceptors (Lipinski definition) is 4. The van der Waals surface area contributed by atoms with Crippen LogP contribution in [-0.2, 0) is 21.2 Å². The second kappa shape index (κ2) is 10.7. The van der Waals surface area contributed by atoms with Crippen molar-refractivity contribution < 1.29 is 13.2 Å². The number of nitriles is 1. The number of sulfonamides is 1. The summed E-state index contributed by atoms with van der Waals surface area (Å²) in [5.74, 6) is 0.0349. The van der Waals surface area contributed by atoms with E-state index in [2.05, 4.69) is 6.07 Å². The molecule has 1 saturated carbocycles. The lowest BCUT2D eigenvalue weighted by Crippen LogP contribution is -2.35. The topological polar surface area (TPSA) is 81.5 Å². The molecule has 32 heavy (non-hydrogen) atoms. The van der Waals surface area contributed by atoms with E-state index in [0.29, 0.717) is 18.5 Å². The van der Waals surface area contributed by atoms with Gasteiger partial charge in [-0.05, 0) is 55.5 Å². The van der Waals surface area contributed by atoms with Crippen LogP contribution in [0, 0.1) is 11.3 Å². The molecule has 0 N–H and O–H groups in total. The van der Waals surface area contributed by atoms with Gasteiger partial charge in [-0.25, -0.2) is 12.7 Å². The maximum absolute atomic E-state index is 12.8. The molecule has 1 amide bonds. The zero-order valence-electron chi connectivity index (χ0n) is 17.8. The van der Waals surface area contributed by atoms with Crippen molar-refractivity contribution in [1.29, 1.82) is 5.26 Å². The zero-order valence-corrected chi connectivity index (χ0v) is 20.1. The molecule has 2 aromatic rings. The number of nitrogens with zero attached hydrogens (tertiary/aromatic N) is 3. The molecular formula is C23H25Cl2N3O3S. The third-order valence-electron chi connectivity index (χ3n) is 5.50.